The minimum Gasteiger partial charge on any atom is -0.399 e. The summed E-state index contributed by atoms with van der Waals surface area (Å²) in [6.45, 7) is 4.10. The van der Waals surface area contributed by atoms with E-state index in [0.717, 1.165) is 22.6 Å². The number of hydrogen-bond donors (Lipinski definition) is 2. The summed E-state index contributed by atoms with van der Waals surface area (Å²) in [6.07, 6.45) is 0. The minimum absolute atomic E-state index is 0.829. The van der Waals surface area contributed by atoms with Gasteiger partial charge in [0.25, 0.3) is 0 Å². The van der Waals surface area contributed by atoms with Crippen LogP contribution < -0.4 is 11.1 Å². The summed E-state index contributed by atoms with van der Waals surface area (Å²) in [5.74, 6) is 0. The highest BCUT2D eigenvalue weighted by molar-refractivity contribution is 5.66. The summed E-state index contributed by atoms with van der Waals surface area (Å²) >= 11 is 0. The van der Waals surface area contributed by atoms with E-state index in [-0.39, 0.29) is 0 Å². The lowest BCUT2D eigenvalue weighted by molar-refractivity contribution is 1.41. The second kappa shape index (κ2) is 4.27. The minimum atomic E-state index is 0.829. The van der Waals surface area contributed by atoms with E-state index >= 15 is 0 Å². The molecule has 2 aromatic rings. The van der Waals surface area contributed by atoms with E-state index in [9.17, 15) is 0 Å². The van der Waals surface area contributed by atoms with E-state index < -0.39 is 0 Å². The lowest BCUT2D eigenvalue weighted by atomic mass is 10.1. The van der Waals surface area contributed by atoms with Gasteiger partial charge < -0.3 is 11.1 Å². The topological polar surface area (TPSA) is 38.0 Å². The summed E-state index contributed by atoms with van der Waals surface area (Å²) in [5.41, 5.74) is 11.1. The van der Waals surface area contributed by atoms with Crippen molar-refractivity contribution in [3.8, 4) is 0 Å². The maximum atomic E-state index is 5.78. The predicted molar refractivity (Wildman–Crippen MR) is 70.1 cm³/mol. The molecular formula is C14H16N2. The van der Waals surface area contributed by atoms with Crippen LogP contribution in [0.5, 0.6) is 0 Å². The van der Waals surface area contributed by atoms with Crippen molar-refractivity contribution in [2.45, 2.75) is 13.8 Å². The molecule has 2 nitrogen and oxygen atoms in total. The summed E-state index contributed by atoms with van der Waals surface area (Å²) in [4.78, 5) is 0. The Kier molecular flexibility index (Phi) is 2.82. The van der Waals surface area contributed by atoms with Gasteiger partial charge >= 0.3 is 0 Å². The molecule has 0 amide bonds. The van der Waals surface area contributed by atoms with E-state index in [1.54, 1.807) is 0 Å². The predicted octanol–water partition coefficient (Wildman–Crippen LogP) is 3.63. The molecule has 0 heterocycles. The number of hydrogen-bond acceptors (Lipinski definition) is 2. The van der Waals surface area contributed by atoms with Crippen LogP contribution >= 0.6 is 0 Å². The van der Waals surface area contributed by atoms with Gasteiger partial charge in [0.2, 0.25) is 0 Å². The standard InChI is InChI=1S/C14H16N2/c1-10-5-3-4-6-14(10)16-12-7-8-13(15)11(2)9-12/h3-9,16H,15H2,1-2H3. The molecule has 0 saturated carbocycles. The van der Waals surface area contributed by atoms with Crippen molar-refractivity contribution in [2.75, 3.05) is 11.1 Å². The molecule has 0 atom stereocenters. The highest BCUT2D eigenvalue weighted by Crippen LogP contribution is 2.22. The first-order valence-corrected chi connectivity index (χ1v) is 5.35. The quantitative estimate of drug-likeness (QED) is 0.746. The summed E-state index contributed by atoms with van der Waals surface area (Å²) in [5, 5.41) is 3.38. The van der Waals surface area contributed by atoms with E-state index in [0.29, 0.717) is 0 Å². The number of nitrogen functional groups attached to an aromatic ring is 1. The molecule has 0 saturated heterocycles. The molecule has 0 spiro atoms. The fourth-order valence-electron chi connectivity index (χ4n) is 1.62. The Morgan fingerprint density at radius 3 is 2.38 bits per heavy atom. The molecule has 3 N–H and O–H groups in total. The van der Waals surface area contributed by atoms with Gasteiger partial charge in [-0.2, -0.15) is 0 Å². The molecule has 2 rings (SSSR count). The van der Waals surface area contributed by atoms with Gasteiger partial charge in [0.1, 0.15) is 0 Å². The summed E-state index contributed by atoms with van der Waals surface area (Å²) in [7, 11) is 0. The van der Waals surface area contributed by atoms with Gasteiger partial charge in [0.15, 0.2) is 0 Å². The van der Waals surface area contributed by atoms with Crippen molar-refractivity contribution in [1.29, 1.82) is 0 Å². The van der Waals surface area contributed by atoms with Crippen LogP contribution in [0.4, 0.5) is 17.1 Å². The zero-order chi connectivity index (χ0) is 11.5. The molecule has 0 aliphatic carbocycles. The Morgan fingerprint density at radius 1 is 0.938 bits per heavy atom. The van der Waals surface area contributed by atoms with Crippen LogP contribution in [-0.4, -0.2) is 0 Å². The summed E-state index contributed by atoms with van der Waals surface area (Å²) < 4.78 is 0. The zero-order valence-electron chi connectivity index (χ0n) is 9.62. The molecule has 0 aliphatic rings. The molecule has 0 fully saturated rings. The average Bonchev–Trinajstić information content (AvgIpc) is 2.27. The Balaban J connectivity index is 2.28. The van der Waals surface area contributed by atoms with Gasteiger partial charge in [-0.15, -0.1) is 0 Å². The van der Waals surface area contributed by atoms with Crippen molar-refractivity contribution in [1.82, 2.24) is 0 Å². The summed E-state index contributed by atoms with van der Waals surface area (Å²) in [6, 6.07) is 14.2. The van der Waals surface area contributed by atoms with Crippen LogP contribution in [-0.2, 0) is 0 Å². The number of anilines is 3. The van der Waals surface area contributed by atoms with E-state index in [1.807, 2.05) is 31.2 Å². The number of rotatable bonds is 2. The van der Waals surface area contributed by atoms with Crippen LogP contribution in [0.2, 0.25) is 0 Å². The van der Waals surface area contributed by atoms with Crippen LogP contribution in [0, 0.1) is 13.8 Å². The molecule has 0 unspecified atom stereocenters. The molecule has 16 heavy (non-hydrogen) atoms. The number of aryl methyl sites for hydroxylation is 2. The first-order valence-electron chi connectivity index (χ1n) is 5.35. The monoisotopic (exact) mass is 212 g/mol. The van der Waals surface area contributed by atoms with Gasteiger partial charge in [-0.1, -0.05) is 18.2 Å². The first kappa shape index (κ1) is 10.6. The first-order chi connectivity index (χ1) is 7.66. The average molecular weight is 212 g/mol. The van der Waals surface area contributed by atoms with Gasteiger partial charge in [0, 0.05) is 17.1 Å². The smallest absolute Gasteiger partial charge is 0.0413 e. The van der Waals surface area contributed by atoms with Gasteiger partial charge in [-0.05, 0) is 49.2 Å². The number of nitrogens with one attached hydrogen (secondary N) is 1. The third-order valence-electron chi connectivity index (χ3n) is 2.69. The SMILES string of the molecule is Cc1cc(Nc2ccccc2C)ccc1N. The second-order valence-electron chi connectivity index (χ2n) is 4.01. The number of para-hydroxylation sites is 1. The van der Waals surface area contributed by atoms with Crippen LogP contribution in [0.15, 0.2) is 42.5 Å². The van der Waals surface area contributed by atoms with Crippen molar-refractivity contribution in [3.63, 3.8) is 0 Å². The largest absolute Gasteiger partial charge is 0.399 e. The Labute approximate surface area is 96.1 Å². The fourth-order valence-corrected chi connectivity index (χ4v) is 1.62. The molecule has 2 heteroatoms. The molecule has 0 bridgehead atoms. The maximum absolute atomic E-state index is 5.78. The Morgan fingerprint density at radius 2 is 1.69 bits per heavy atom. The van der Waals surface area contributed by atoms with E-state index in [4.69, 9.17) is 5.73 Å². The van der Waals surface area contributed by atoms with Crippen LogP contribution in [0.1, 0.15) is 11.1 Å². The lowest BCUT2D eigenvalue weighted by Gasteiger charge is -2.10. The maximum Gasteiger partial charge on any atom is 0.0413 e. The van der Waals surface area contributed by atoms with Crippen molar-refractivity contribution >= 4 is 17.1 Å². The molecule has 82 valence electrons. The number of benzene rings is 2. The fraction of sp³-hybridized carbons (Fsp3) is 0.143. The van der Waals surface area contributed by atoms with Crippen molar-refractivity contribution in [3.05, 3.63) is 53.6 Å². The normalized spacial score (nSPS) is 10.1. The van der Waals surface area contributed by atoms with Crippen LogP contribution in [0.3, 0.4) is 0 Å². The van der Waals surface area contributed by atoms with Gasteiger partial charge in [-0.3, -0.25) is 0 Å². The van der Waals surface area contributed by atoms with Crippen LogP contribution in [0.25, 0.3) is 0 Å². The Bertz CT molecular complexity index is 504. The highest BCUT2D eigenvalue weighted by atomic mass is 14.9. The third-order valence-corrected chi connectivity index (χ3v) is 2.69. The molecule has 0 radical (unpaired) electrons. The Hall–Kier alpha value is -1.96. The van der Waals surface area contributed by atoms with E-state index in [2.05, 4.69) is 30.4 Å². The zero-order valence-corrected chi connectivity index (χ0v) is 9.62. The molecule has 0 aliphatic heterocycles. The molecule has 0 aromatic heterocycles. The van der Waals surface area contributed by atoms with Crippen molar-refractivity contribution < 1.29 is 0 Å². The molecule has 2 aromatic carbocycles. The molecular weight excluding hydrogens is 196 g/mol. The number of nitrogens with two attached hydrogens (primary N) is 1. The highest BCUT2D eigenvalue weighted by Gasteiger charge is 1.99. The second-order valence-corrected chi connectivity index (χ2v) is 4.01. The van der Waals surface area contributed by atoms with Gasteiger partial charge in [-0.25, -0.2) is 0 Å². The third kappa shape index (κ3) is 2.16. The van der Waals surface area contributed by atoms with Gasteiger partial charge in [0.05, 0.1) is 0 Å². The lowest BCUT2D eigenvalue weighted by Crippen LogP contribution is -1.95. The van der Waals surface area contributed by atoms with E-state index in [1.165, 1.54) is 5.56 Å². The van der Waals surface area contributed by atoms with Crippen molar-refractivity contribution in [2.24, 2.45) is 0 Å².